The Kier molecular flexibility index (Phi) is 4.45. The highest BCUT2D eigenvalue weighted by atomic mass is 15.2. The van der Waals surface area contributed by atoms with Crippen molar-refractivity contribution < 1.29 is 0 Å². The maximum Gasteiger partial charge on any atom is 0.0195 e. The van der Waals surface area contributed by atoms with E-state index in [1.54, 1.807) is 0 Å². The Morgan fingerprint density at radius 3 is 2.73 bits per heavy atom. The average Bonchev–Trinajstić information content (AvgIpc) is 2.16. The molecule has 1 aliphatic heterocycles. The van der Waals surface area contributed by atoms with E-state index in [1.165, 1.54) is 58.2 Å². The highest BCUT2D eigenvalue weighted by molar-refractivity contribution is 4.79. The quantitative estimate of drug-likeness (QED) is 0.749. The van der Waals surface area contributed by atoms with Crippen molar-refractivity contribution in [3.8, 4) is 0 Å². The van der Waals surface area contributed by atoms with Gasteiger partial charge in [0.15, 0.2) is 0 Å². The number of nitrogens with zero attached hydrogens (tertiary/aromatic N) is 1. The Labute approximate surface area is 94.4 Å². The summed E-state index contributed by atoms with van der Waals surface area (Å²) in [7, 11) is 0. The molecule has 1 unspecified atom stereocenters. The lowest BCUT2D eigenvalue weighted by Crippen LogP contribution is -2.46. The Morgan fingerprint density at radius 1 is 1.20 bits per heavy atom. The summed E-state index contributed by atoms with van der Waals surface area (Å²) in [5.41, 5.74) is 0. The minimum absolute atomic E-state index is 0.769. The van der Waals surface area contributed by atoms with Crippen LogP contribution in [0.2, 0.25) is 0 Å². The summed E-state index contributed by atoms with van der Waals surface area (Å²) in [4.78, 5) is 2.68. The molecule has 1 atom stereocenters. The van der Waals surface area contributed by atoms with Crippen LogP contribution < -0.4 is 5.32 Å². The molecule has 1 saturated carbocycles. The largest absolute Gasteiger partial charge is 0.313 e. The number of hydrogen-bond acceptors (Lipinski definition) is 2. The maximum absolute atomic E-state index is 3.59. The molecule has 2 aliphatic rings. The van der Waals surface area contributed by atoms with Gasteiger partial charge in [0.25, 0.3) is 0 Å². The molecule has 1 N–H and O–H groups in total. The third-order valence-electron chi connectivity index (χ3n) is 4.08. The van der Waals surface area contributed by atoms with Crippen molar-refractivity contribution in [1.29, 1.82) is 0 Å². The number of rotatable bonds is 5. The van der Waals surface area contributed by atoms with Crippen LogP contribution in [0.15, 0.2) is 0 Å². The molecule has 0 bridgehead atoms. The summed E-state index contributed by atoms with van der Waals surface area (Å²) in [5, 5.41) is 3.59. The van der Waals surface area contributed by atoms with E-state index >= 15 is 0 Å². The summed E-state index contributed by atoms with van der Waals surface area (Å²) in [6.45, 7) is 7.33. The van der Waals surface area contributed by atoms with Crippen LogP contribution in [0, 0.1) is 5.92 Å². The SMILES string of the molecule is CCNC1CCCN(CCC2CCC2)C1. The van der Waals surface area contributed by atoms with E-state index < -0.39 is 0 Å². The van der Waals surface area contributed by atoms with Gasteiger partial charge >= 0.3 is 0 Å². The molecule has 1 saturated heterocycles. The van der Waals surface area contributed by atoms with Gasteiger partial charge in [-0.05, 0) is 44.8 Å². The number of hydrogen-bond donors (Lipinski definition) is 1. The van der Waals surface area contributed by atoms with E-state index in [1.807, 2.05) is 0 Å². The first kappa shape index (κ1) is 11.4. The first-order valence-corrected chi connectivity index (χ1v) is 6.84. The number of likely N-dealkylation sites (N-methyl/N-ethyl adjacent to an activating group) is 1. The normalized spacial score (nSPS) is 29.0. The van der Waals surface area contributed by atoms with Gasteiger partial charge in [-0.2, -0.15) is 0 Å². The maximum atomic E-state index is 3.59. The first-order chi connectivity index (χ1) is 7.38. The van der Waals surface area contributed by atoms with Crippen molar-refractivity contribution in [2.24, 2.45) is 5.92 Å². The molecule has 88 valence electrons. The average molecular weight is 210 g/mol. The molecule has 2 rings (SSSR count). The minimum Gasteiger partial charge on any atom is -0.313 e. The molecule has 2 nitrogen and oxygen atoms in total. The summed E-state index contributed by atoms with van der Waals surface area (Å²) in [5.74, 6) is 1.07. The summed E-state index contributed by atoms with van der Waals surface area (Å²) in [6.07, 6.45) is 8.73. The molecule has 0 aromatic heterocycles. The van der Waals surface area contributed by atoms with Crippen LogP contribution in [0.5, 0.6) is 0 Å². The van der Waals surface area contributed by atoms with Gasteiger partial charge in [0.1, 0.15) is 0 Å². The third kappa shape index (κ3) is 3.46. The van der Waals surface area contributed by atoms with Gasteiger partial charge in [-0.1, -0.05) is 26.2 Å². The Balaban J connectivity index is 1.63. The standard InChI is InChI=1S/C13H26N2/c1-2-14-13-7-4-9-15(11-13)10-8-12-5-3-6-12/h12-14H,2-11H2,1H3. The second-order valence-corrected chi connectivity index (χ2v) is 5.28. The summed E-state index contributed by atoms with van der Waals surface area (Å²) < 4.78 is 0. The van der Waals surface area contributed by atoms with E-state index in [4.69, 9.17) is 0 Å². The second kappa shape index (κ2) is 5.86. The van der Waals surface area contributed by atoms with E-state index in [0.29, 0.717) is 0 Å². The second-order valence-electron chi connectivity index (χ2n) is 5.28. The molecule has 1 aliphatic carbocycles. The fourth-order valence-corrected chi connectivity index (χ4v) is 2.86. The molecular formula is C13H26N2. The van der Waals surface area contributed by atoms with Crippen molar-refractivity contribution >= 4 is 0 Å². The predicted molar refractivity (Wildman–Crippen MR) is 65.1 cm³/mol. The third-order valence-corrected chi connectivity index (χ3v) is 4.08. The molecule has 0 aromatic rings. The zero-order valence-electron chi connectivity index (χ0n) is 10.2. The van der Waals surface area contributed by atoms with Gasteiger partial charge in [0.05, 0.1) is 0 Å². The molecule has 0 aromatic carbocycles. The molecule has 2 heteroatoms. The Hall–Kier alpha value is -0.0800. The van der Waals surface area contributed by atoms with Crippen LogP contribution in [0.1, 0.15) is 45.4 Å². The Morgan fingerprint density at radius 2 is 2.07 bits per heavy atom. The number of likely N-dealkylation sites (tertiary alicyclic amines) is 1. The van der Waals surface area contributed by atoms with Crippen LogP contribution in [-0.2, 0) is 0 Å². The number of nitrogens with one attached hydrogen (secondary N) is 1. The van der Waals surface area contributed by atoms with E-state index in [9.17, 15) is 0 Å². The van der Waals surface area contributed by atoms with Gasteiger partial charge in [-0.15, -0.1) is 0 Å². The molecular weight excluding hydrogens is 184 g/mol. The molecule has 0 radical (unpaired) electrons. The summed E-state index contributed by atoms with van der Waals surface area (Å²) >= 11 is 0. The Bertz CT molecular complexity index is 175. The van der Waals surface area contributed by atoms with Crippen molar-refractivity contribution in [2.45, 2.75) is 51.5 Å². The first-order valence-electron chi connectivity index (χ1n) is 6.84. The monoisotopic (exact) mass is 210 g/mol. The zero-order chi connectivity index (χ0) is 10.5. The van der Waals surface area contributed by atoms with Crippen molar-refractivity contribution in [3.05, 3.63) is 0 Å². The predicted octanol–water partition coefficient (Wildman–Crippen LogP) is 2.25. The lowest BCUT2D eigenvalue weighted by atomic mass is 9.83. The van der Waals surface area contributed by atoms with Crippen LogP contribution >= 0.6 is 0 Å². The van der Waals surface area contributed by atoms with Crippen molar-refractivity contribution in [1.82, 2.24) is 10.2 Å². The van der Waals surface area contributed by atoms with Crippen LogP contribution in [0.4, 0.5) is 0 Å². The molecule has 15 heavy (non-hydrogen) atoms. The van der Waals surface area contributed by atoms with Crippen LogP contribution in [0.25, 0.3) is 0 Å². The van der Waals surface area contributed by atoms with Gasteiger partial charge in [-0.3, -0.25) is 0 Å². The van der Waals surface area contributed by atoms with Gasteiger partial charge in [-0.25, -0.2) is 0 Å². The molecule has 2 fully saturated rings. The van der Waals surface area contributed by atoms with E-state index in [-0.39, 0.29) is 0 Å². The zero-order valence-corrected chi connectivity index (χ0v) is 10.2. The summed E-state index contributed by atoms with van der Waals surface area (Å²) in [6, 6.07) is 0.769. The highest BCUT2D eigenvalue weighted by Gasteiger charge is 2.22. The van der Waals surface area contributed by atoms with Gasteiger partial charge < -0.3 is 10.2 Å². The molecule has 0 amide bonds. The molecule has 0 spiro atoms. The van der Waals surface area contributed by atoms with Gasteiger partial charge in [0, 0.05) is 12.6 Å². The van der Waals surface area contributed by atoms with Gasteiger partial charge in [0.2, 0.25) is 0 Å². The fraction of sp³-hybridized carbons (Fsp3) is 1.00. The molecule has 1 heterocycles. The smallest absolute Gasteiger partial charge is 0.0195 e. The minimum atomic E-state index is 0.769. The van der Waals surface area contributed by atoms with E-state index in [0.717, 1.165) is 18.5 Å². The fourth-order valence-electron chi connectivity index (χ4n) is 2.86. The van der Waals surface area contributed by atoms with Crippen LogP contribution in [-0.4, -0.2) is 37.1 Å². The van der Waals surface area contributed by atoms with Crippen molar-refractivity contribution in [3.63, 3.8) is 0 Å². The topological polar surface area (TPSA) is 15.3 Å². The van der Waals surface area contributed by atoms with Crippen LogP contribution in [0.3, 0.4) is 0 Å². The lowest BCUT2D eigenvalue weighted by Gasteiger charge is -2.35. The number of piperidine rings is 1. The highest BCUT2D eigenvalue weighted by Crippen LogP contribution is 2.29. The lowest BCUT2D eigenvalue weighted by molar-refractivity contribution is 0.165. The van der Waals surface area contributed by atoms with E-state index in [2.05, 4.69) is 17.1 Å². The van der Waals surface area contributed by atoms with Crippen molar-refractivity contribution in [2.75, 3.05) is 26.2 Å².